The highest BCUT2D eigenvalue weighted by molar-refractivity contribution is 14.1. The summed E-state index contributed by atoms with van der Waals surface area (Å²) in [5.74, 6) is 0.461. The topological polar surface area (TPSA) is 37.4 Å². The van der Waals surface area contributed by atoms with E-state index in [2.05, 4.69) is 29.5 Å². The van der Waals surface area contributed by atoms with Gasteiger partial charge in [-0.05, 0) is 65.6 Å². The first-order chi connectivity index (χ1) is 8.00. The summed E-state index contributed by atoms with van der Waals surface area (Å²) in [7, 11) is -3.28. The number of halogens is 1. The van der Waals surface area contributed by atoms with Crippen molar-refractivity contribution in [1.29, 1.82) is 0 Å². The van der Waals surface area contributed by atoms with E-state index >= 15 is 0 Å². The lowest BCUT2D eigenvalue weighted by molar-refractivity contribution is 0.281. The molecule has 17 heavy (non-hydrogen) atoms. The van der Waals surface area contributed by atoms with Crippen LogP contribution in [0.5, 0.6) is 0 Å². The molecule has 1 heterocycles. The lowest BCUT2D eigenvalue weighted by atomic mass is 10.0. The van der Waals surface area contributed by atoms with E-state index in [0.29, 0.717) is 23.9 Å². The maximum absolute atomic E-state index is 12.4. The molecule has 0 saturated carbocycles. The highest BCUT2D eigenvalue weighted by Crippen LogP contribution is 2.23. The number of rotatable bonds is 2. The molecule has 0 amide bonds. The molecule has 1 aromatic rings. The van der Waals surface area contributed by atoms with Gasteiger partial charge in [-0.1, -0.05) is 6.92 Å². The van der Waals surface area contributed by atoms with Crippen molar-refractivity contribution in [2.45, 2.75) is 24.7 Å². The quantitative estimate of drug-likeness (QED) is 0.756. The summed E-state index contributed by atoms with van der Waals surface area (Å²) in [6, 6.07) is 7.05. The first-order valence-electron chi connectivity index (χ1n) is 5.76. The fourth-order valence-electron chi connectivity index (χ4n) is 2.12. The van der Waals surface area contributed by atoms with Gasteiger partial charge in [0, 0.05) is 16.7 Å². The van der Waals surface area contributed by atoms with Gasteiger partial charge in [-0.25, -0.2) is 8.42 Å². The van der Waals surface area contributed by atoms with Gasteiger partial charge in [0.1, 0.15) is 0 Å². The monoisotopic (exact) mass is 365 g/mol. The van der Waals surface area contributed by atoms with Crippen LogP contribution in [-0.2, 0) is 10.0 Å². The zero-order chi connectivity index (χ0) is 12.5. The molecule has 2 rings (SSSR count). The third kappa shape index (κ3) is 3.00. The van der Waals surface area contributed by atoms with E-state index in [0.717, 1.165) is 16.4 Å². The summed E-state index contributed by atoms with van der Waals surface area (Å²) in [4.78, 5) is 0.409. The molecule has 1 saturated heterocycles. The fraction of sp³-hybridized carbons (Fsp3) is 0.500. The van der Waals surface area contributed by atoms with Gasteiger partial charge in [-0.3, -0.25) is 0 Å². The predicted molar refractivity (Wildman–Crippen MR) is 76.3 cm³/mol. The third-order valence-electron chi connectivity index (χ3n) is 3.07. The second-order valence-electron chi connectivity index (χ2n) is 4.56. The van der Waals surface area contributed by atoms with Gasteiger partial charge in [0.05, 0.1) is 4.90 Å². The molecule has 1 aliphatic rings. The van der Waals surface area contributed by atoms with E-state index in [-0.39, 0.29) is 0 Å². The summed E-state index contributed by atoms with van der Waals surface area (Å²) in [5, 5.41) is 0. The molecular formula is C12H16INO2S. The highest BCUT2D eigenvalue weighted by atomic mass is 127. The number of nitrogens with zero attached hydrogens (tertiary/aromatic N) is 1. The molecule has 1 aliphatic heterocycles. The maximum Gasteiger partial charge on any atom is 0.243 e. The van der Waals surface area contributed by atoms with Crippen molar-refractivity contribution in [2.75, 3.05) is 13.1 Å². The van der Waals surface area contributed by atoms with Crippen LogP contribution in [0.4, 0.5) is 0 Å². The lowest BCUT2D eigenvalue weighted by Gasteiger charge is -2.30. The Morgan fingerprint density at radius 1 is 1.29 bits per heavy atom. The van der Waals surface area contributed by atoms with Crippen LogP contribution in [0.15, 0.2) is 29.2 Å². The number of benzene rings is 1. The van der Waals surface area contributed by atoms with Crippen LogP contribution in [0.2, 0.25) is 0 Å². The van der Waals surface area contributed by atoms with Crippen molar-refractivity contribution in [3.05, 3.63) is 27.8 Å². The van der Waals surface area contributed by atoms with Gasteiger partial charge in [0.15, 0.2) is 0 Å². The average molecular weight is 365 g/mol. The Bertz CT molecular complexity index is 484. The summed E-state index contributed by atoms with van der Waals surface area (Å²) < 4.78 is 27.4. The lowest BCUT2D eigenvalue weighted by Crippen LogP contribution is -2.39. The third-order valence-corrected chi connectivity index (χ3v) is 5.67. The maximum atomic E-state index is 12.4. The zero-order valence-electron chi connectivity index (χ0n) is 9.77. The second kappa shape index (κ2) is 5.24. The van der Waals surface area contributed by atoms with E-state index in [9.17, 15) is 8.42 Å². The van der Waals surface area contributed by atoms with E-state index < -0.39 is 10.0 Å². The van der Waals surface area contributed by atoms with Gasteiger partial charge in [-0.15, -0.1) is 0 Å². The Morgan fingerprint density at radius 2 is 1.94 bits per heavy atom. The molecule has 0 aliphatic carbocycles. The summed E-state index contributed by atoms with van der Waals surface area (Å²) in [6.45, 7) is 3.41. The standard InChI is InChI=1S/C12H16INO2S/c1-10-3-2-8-14(9-10)17(15,16)12-6-4-11(13)5-7-12/h4-7,10H,2-3,8-9H2,1H3. The van der Waals surface area contributed by atoms with Gasteiger partial charge in [-0.2, -0.15) is 4.31 Å². The minimum atomic E-state index is -3.28. The molecule has 0 radical (unpaired) electrons. The van der Waals surface area contributed by atoms with Gasteiger partial charge in [0.2, 0.25) is 10.0 Å². The van der Waals surface area contributed by atoms with Crippen LogP contribution in [-0.4, -0.2) is 25.8 Å². The van der Waals surface area contributed by atoms with Crippen LogP contribution < -0.4 is 0 Å². The zero-order valence-corrected chi connectivity index (χ0v) is 12.7. The number of hydrogen-bond acceptors (Lipinski definition) is 2. The molecule has 0 aromatic heterocycles. The SMILES string of the molecule is CC1CCCN(S(=O)(=O)c2ccc(I)cc2)C1. The van der Waals surface area contributed by atoms with Crippen molar-refractivity contribution >= 4 is 32.6 Å². The summed E-state index contributed by atoms with van der Waals surface area (Å²) in [6.07, 6.45) is 2.09. The predicted octanol–water partition coefficient (Wildman–Crippen LogP) is 2.71. The van der Waals surface area contributed by atoms with Crippen molar-refractivity contribution in [3.63, 3.8) is 0 Å². The minimum absolute atomic E-state index is 0.409. The van der Waals surface area contributed by atoms with Crippen molar-refractivity contribution in [3.8, 4) is 0 Å². The minimum Gasteiger partial charge on any atom is -0.207 e. The molecule has 1 atom stereocenters. The Labute approximate surface area is 116 Å². The van der Waals surface area contributed by atoms with Gasteiger partial charge < -0.3 is 0 Å². The number of hydrogen-bond donors (Lipinski definition) is 0. The first-order valence-corrected chi connectivity index (χ1v) is 8.28. The van der Waals surface area contributed by atoms with Crippen molar-refractivity contribution in [1.82, 2.24) is 4.31 Å². The smallest absolute Gasteiger partial charge is 0.207 e. The first kappa shape index (κ1) is 13.3. The molecule has 1 aromatic carbocycles. The Balaban J connectivity index is 2.26. The second-order valence-corrected chi connectivity index (χ2v) is 7.75. The Kier molecular flexibility index (Phi) is 4.10. The molecular weight excluding hydrogens is 349 g/mol. The summed E-state index contributed by atoms with van der Waals surface area (Å²) in [5.41, 5.74) is 0. The van der Waals surface area contributed by atoms with E-state index in [1.807, 2.05) is 12.1 Å². The van der Waals surface area contributed by atoms with Crippen molar-refractivity contribution < 1.29 is 8.42 Å². The molecule has 5 heteroatoms. The van der Waals surface area contributed by atoms with Crippen LogP contribution in [0.1, 0.15) is 19.8 Å². The van der Waals surface area contributed by atoms with Crippen LogP contribution in [0, 0.1) is 9.49 Å². The molecule has 1 unspecified atom stereocenters. The normalized spacial score (nSPS) is 22.6. The Hall–Kier alpha value is -0.140. The summed E-state index contributed by atoms with van der Waals surface area (Å²) >= 11 is 2.17. The Morgan fingerprint density at radius 3 is 2.53 bits per heavy atom. The highest BCUT2D eigenvalue weighted by Gasteiger charge is 2.28. The molecule has 3 nitrogen and oxygen atoms in total. The van der Waals surface area contributed by atoms with Crippen LogP contribution in [0.3, 0.4) is 0 Å². The molecule has 1 fully saturated rings. The van der Waals surface area contributed by atoms with E-state index in [1.165, 1.54) is 0 Å². The van der Waals surface area contributed by atoms with Gasteiger partial charge in [0.25, 0.3) is 0 Å². The molecule has 0 bridgehead atoms. The van der Waals surface area contributed by atoms with E-state index in [1.54, 1.807) is 16.4 Å². The van der Waals surface area contributed by atoms with Crippen LogP contribution in [0.25, 0.3) is 0 Å². The van der Waals surface area contributed by atoms with Crippen LogP contribution >= 0.6 is 22.6 Å². The van der Waals surface area contributed by atoms with Gasteiger partial charge >= 0.3 is 0 Å². The number of piperidine rings is 1. The molecule has 0 spiro atoms. The average Bonchev–Trinajstić information content (AvgIpc) is 2.29. The van der Waals surface area contributed by atoms with E-state index in [4.69, 9.17) is 0 Å². The molecule has 94 valence electrons. The largest absolute Gasteiger partial charge is 0.243 e. The van der Waals surface area contributed by atoms with Crippen molar-refractivity contribution in [2.24, 2.45) is 5.92 Å². The fourth-order valence-corrected chi connectivity index (χ4v) is 4.08. The molecule has 0 N–H and O–H groups in total. The number of sulfonamides is 1.